The molecule has 0 spiro atoms. The molecule has 1 aliphatic rings. The van der Waals surface area contributed by atoms with Gasteiger partial charge in [-0.2, -0.15) is 0 Å². The van der Waals surface area contributed by atoms with Crippen molar-refractivity contribution in [3.8, 4) is 0 Å². The first-order valence-electron chi connectivity index (χ1n) is 6.64. The topological polar surface area (TPSA) is 50.1 Å². The predicted octanol–water partition coefficient (Wildman–Crippen LogP) is 2.11. The summed E-state index contributed by atoms with van der Waals surface area (Å²) in [4.78, 5) is 4.25. The van der Waals surface area contributed by atoms with E-state index in [0.29, 0.717) is 11.7 Å². The van der Waals surface area contributed by atoms with E-state index in [1.807, 2.05) is 11.6 Å². The lowest BCUT2D eigenvalue weighted by Crippen LogP contribution is -2.39. The predicted molar refractivity (Wildman–Crippen MR) is 72.5 cm³/mol. The van der Waals surface area contributed by atoms with Crippen molar-refractivity contribution < 1.29 is 5.11 Å². The van der Waals surface area contributed by atoms with Gasteiger partial charge in [-0.05, 0) is 12.8 Å². The van der Waals surface area contributed by atoms with Crippen molar-refractivity contribution in [1.82, 2.24) is 14.9 Å². The van der Waals surface area contributed by atoms with E-state index in [1.165, 1.54) is 19.3 Å². The first-order valence-corrected chi connectivity index (χ1v) is 7.02. The largest absolute Gasteiger partial charge is 0.396 e. The third-order valence-corrected chi connectivity index (χ3v) is 4.41. The molecule has 0 saturated heterocycles. The number of nitrogens with zero attached hydrogens (tertiary/aromatic N) is 2. The number of imidazole rings is 1. The molecule has 0 atom stereocenters. The molecule has 4 nitrogen and oxygen atoms in total. The fourth-order valence-corrected chi connectivity index (χ4v) is 2.87. The van der Waals surface area contributed by atoms with Crippen LogP contribution in [-0.4, -0.2) is 27.8 Å². The molecule has 2 rings (SSSR count). The Kier molecular flexibility index (Phi) is 4.65. The zero-order valence-corrected chi connectivity index (χ0v) is 11.7. The minimum absolute atomic E-state index is 0.0766. The fraction of sp³-hybridized carbons (Fsp3) is 0.769. The van der Waals surface area contributed by atoms with E-state index in [1.54, 1.807) is 6.20 Å². The van der Waals surface area contributed by atoms with E-state index in [4.69, 9.17) is 11.6 Å². The standard InChI is InChI=1S/C13H22ClN3O/c1-17-11(14)7-16-12(17)8-15-9-13(10-18)5-3-2-4-6-13/h7,15,18H,2-6,8-10H2,1H3. The minimum atomic E-state index is 0.0766. The van der Waals surface area contributed by atoms with Crippen molar-refractivity contribution in [2.24, 2.45) is 12.5 Å². The Labute approximate surface area is 113 Å². The Morgan fingerprint density at radius 1 is 1.44 bits per heavy atom. The lowest BCUT2D eigenvalue weighted by atomic mass is 9.74. The molecule has 1 aliphatic carbocycles. The molecule has 0 radical (unpaired) electrons. The zero-order chi connectivity index (χ0) is 13.0. The van der Waals surface area contributed by atoms with Crippen LogP contribution < -0.4 is 5.32 Å². The van der Waals surface area contributed by atoms with Gasteiger partial charge >= 0.3 is 0 Å². The summed E-state index contributed by atoms with van der Waals surface area (Å²) < 4.78 is 1.88. The Balaban J connectivity index is 1.85. The van der Waals surface area contributed by atoms with Crippen LogP contribution in [-0.2, 0) is 13.6 Å². The first-order chi connectivity index (χ1) is 8.67. The number of rotatable bonds is 5. The first kappa shape index (κ1) is 13.8. The number of halogens is 1. The summed E-state index contributed by atoms with van der Waals surface area (Å²) in [7, 11) is 1.91. The minimum Gasteiger partial charge on any atom is -0.396 e. The van der Waals surface area contributed by atoms with Gasteiger partial charge in [0.15, 0.2) is 0 Å². The maximum absolute atomic E-state index is 9.62. The highest BCUT2D eigenvalue weighted by Gasteiger charge is 2.30. The van der Waals surface area contributed by atoms with Crippen molar-refractivity contribution in [3.05, 3.63) is 17.2 Å². The highest BCUT2D eigenvalue weighted by atomic mass is 35.5. The van der Waals surface area contributed by atoms with Crippen molar-refractivity contribution in [3.63, 3.8) is 0 Å². The maximum atomic E-state index is 9.62. The number of nitrogens with one attached hydrogen (secondary N) is 1. The second-order valence-corrected chi connectivity index (χ2v) is 5.77. The molecule has 5 heteroatoms. The molecule has 1 heterocycles. The quantitative estimate of drug-likeness (QED) is 0.862. The molecule has 0 unspecified atom stereocenters. The number of aromatic nitrogens is 2. The van der Waals surface area contributed by atoms with E-state index >= 15 is 0 Å². The van der Waals surface area contributed by atoms with Gasteiger partial charge < -0.3 is 15.0 Å². The molecule has 0 aromatic carbocycles. The van der Waals surface area contributed by atoms with Crippen molar-refractivity contribution >= 4 is 11.6 Å². The summed E-state index contributed by atoms with van der Waals surface area (Å²) in [5, 5.41) is 13.7. The van der Waals surface area contributed by atoms with Gasteiger partial charge in [0.2, 0.25) is 0 Å². The Hall–Kier alpha value is -0.580. The molecule has 18 heavy (non-hydrogen) atoms. The Morgan fingerprint density at radius 2 is 2.17 bits per heavy atom. The van der Waals surface area contributed by atoms with Crippen LogP contribution in [0.3, 0.4) is 0 Å². The van der Waals surface area contributed by atoms with Crippen molar-refractivity contribution in [1.29, 1.82) is 0 Å². The third-order valence-electron chi connectivity index (χ3n) is 4.06. The molecule has 1 aromatic heterocycles. The van der Waals surface area contributed by atoms with Gasteiger partial charge in [-0.1, -0.05) is 30.9 Å². The molecule has 0 amide bonds. The van der Waals surface area contributed by atoms with Gasteiger partial charge in [0.05, 0.1) is 12.7 Å². The van der Waals surface area contributed by atoms with Gasteiger partial charge in [0.1, 0.15) is 11.0 Å². The van der Waals surface area contributed by atoms with Crippen LogP contribution in [0, 0.1) is 5.41 Å². The summed E-state index contributed by atoms with van der Waals surface area (Å²) in [5.41, 5.74) is 0.0766. The van der Waals surface area contributed by atoms with Crippen LogP contribution in [0.15, 0.2) is 6.20 Å². The smallest absolute Gasteiger partial charge is 0.128 e. The lowest BCUT2D eigenvalue weighted by Gasteiger charge is -2.35. The monoisotopic (exact) mass is 271 g/mol. The molecule has 1 aromatic rings. The molecule has 1 saturated carbocycles. The van der Waals surface area contributed by atoms with Crippen LogP contribution in [0.25, 0.3) is 0 Å². The van der Waals surface area contributed by atoms with Crippen molar-refractivity contribution in [2.45, 2.75) is 38.6 Å². The lowest BCUT2D eigenvalue weighted by molar-refractivity contribution is 0.0808. The van der Waals surface area contributed by atoms with Crippen LogP contribution in [0.2, 0.25) is 5.15 Å². The van der Waals surface area contributed by atoms with E-state index in [2.05, 4.69) is 10.3 Å². The van der Waals surface area contributed by atoms with Crippen LogP contribution in [0.1, 0.15) is 37.9 Å². The number of hydrogen-bond donors (Lipinski definition) is 2. The van der Waals surface area contributed by atoms with E-state index in [9.17, 15) is 5.11 Å². The van der Waals surface area contributed by atoms with Gasteiger partial charge in [0.25, 0.3) is 0 Å². The second-order valence-electron chi connectivity index (χ2n) is 5.38. The summed E-state index contributed by atoms with van der Waals surface area (Å²) in [5.74, 6) is 0.934. The van der Waals surface area contributed by atoms with Crippen LogP contribution in [0.4, 0.5) is 0 Å². The summed E-state index contributed by atoms with van der Waals surface area (Å²) in [6.45, 7) is 1.83. The summed E-state index contributed by atoms with van der Waals surface area (Å²) in [6, 6.07) is 0. The molecule has 0 aliphatic heterocycles. The third kappa shape index (κ3) is 3.05. The normalized spacial score (nSPS) is 19.1. The molecule has 1 fully saturated rings. The Bertz CT molecular complexity index is 386. The van der Waals surface area contributed by atoms with Gasteiger partial charge in [-0.25, -0.2) is 4.98 Å². The number of hydrogen-bond acceptors (Lipinski definition) is 3. The molecule has 2 N–H and O–H groups in total. The molecular weight excluding hydrogens is 250 g/mol. The molecule has 102 valence electrons. The van der Waals surface area contributed by atoms with E-state index in [-0.39, 0.29) is 12.0 Å². The van der Waals surface area contributed by atoms with E-state index in [0.717, 1.165) is 25.2 Å². The summed E-state index contributed by atoms with van der Waals surface area (Å²) in [6.07, 6.45) is 7.68. The molecule has 0 bridgehead atoms. The number of aliphatic hydroxyl groups excluding tert-OH is 1. The summed E-state index contributed by atoms with van der Waals surface area (Å²) >= 11 is 5.94. The van der Waals surface area contributed by atoms with Gasteiger partial charge in [-0.15, -0.1) is 0 Å². The average molecular weight is 272 g/mol. The van der Waals surface area contributed by atoms with Gasteiger partial charge in [0, 0.05) is 25.6 Å². The second kappa shape index (κ2) is 6.04. The molecular formula is C13H22ClN3O. The highest BCUT2D eigenvalue weighted by molar-refractivity contribution is 6.29. The van der Waals surface area contributed by atoms with Gasteiger partial charge in [-0.3, -0.25) is 0 Å². The van der Waals surface area contributed by atoms with E-state index < -0.39 is 0 Å². The Morgan fingerprint density at radius 3 is 2.72 bits per heavy atom. The van der Waals surface area contributed by atoms with Crippen LogP contribution in [0.5, 0.6) is 0 Å². The fourth-order valence-electron chi connectivity index (χ4n) is 2.72. The number of aliphatic hydroxyl groups is 1. The maximum Gasteiger partial charge on any atom is 0.128 e. The van der Waals surface area contributed by atoms with Crippen molar-refractivity contribution in [2.75, 3.05) is 13.2 Å². The SMILES string of the molecule is Cn1c(Cl)cnc1CNCC1(CO)CCCCC1. The highest BCUT2D eigenvalue weighted by Crippen LogP contribution is 2.35. The average Bonchev–Trinajstić information content (AvgIpc) is 2.72. The zero-order valence-electron chi connectivity index (χ0n) is 11.0. The van der Waals surface area contributed by atoms with Crippen LogP contribution >= 0.6 is 11.6 Å².